The van der Waals surface area contributed by atoms with Gasteiger partial charge in [-0.1, -0.05) is 52.9 Å². The molecular formula is C17H37NO3Si. The maximum absolute atomic E-state index is 10.1. The molecule has 0 aromatic carbocycles. The summed E-state index contributed by atoms with van der Waals surface area (Å²) in [6.07, 6.45) is 8.02. The first-order chi connectivity index (χ1) is 10.2. The lowest BCUT2D eigenvalue weighted by atomic mass is 10.1. The molecule has 0 saturated heterocycles. The number of amides is 1. The second kappa shape index (κ2) is 11.2. The Labute approximate surface area is 138 Å². The summed E-state index contributed by atoms with van der Waals surface area (Å²) in [7, 11) is -1.57. The monoisotopic (exact) mass is 331 g/mol. The summed E-state index contributed by atoms with van der Waals surface area (Å²) in [5, 5.41) is 12.4. The molecule has 1 unspecified atom stereocenters. The Bertz CT molecular complexity index is 290. The summed E-state index contributed by atoms with van der Waals surface area (Å²) in [6.45, 7) is 12.7. The lowest BCUT2D eigenvalue weighted by Crippen LogP contribution is -2.40. The van der Waals surface area contributed by atoms with E-state index in [0.717, 1.165) is 32.3 Å². The average molecular weight is 332 g/mol. The Morgan fingerprint density at radius 3 is 2.18 bits per heavy atom. The largest absolute Gasteiger partial charge is 0.417 e. The minimum absolute atomic E-state index is 0.298. The Balaban J connectivity index is 3.43. The number of nitrogens with one attached hydrogen (secondary N) is 1. The minimum atomic E-state index is -1.57. The molecule has 0 aliphatic carbocycles. The molecule has 0 heterocycles. The van der Waals surface area contributed by atoms with Gasteiger partial charge in [0.05, 0.1) is 6.10 Å². The number of aliphatic hydroxyl groups is 1. The molecule has 5 heteroatoms. The van der Waals surface area contributed by atoms with Gasteiger partial charge in [0, 0.05) is 13.2 Å². The van der Waals surface area contributed by atoms with Gasteiger partial charge in [-0.05, 0) is 31.0 Å². The third kappa shape index (κ3) is 10.4. The van der Waals surface area contributed by atoms with E-state index in [0.29, 0.717) is 18.0 Å². The molecule has 0 bridgehead atoms. The Morgan fingerprint density at radius 2 is 1.64 bits per heavy atom. The van der Waals surface area contributed by atoms with Crippen molar-refractivity contribution in [1.29, 1.82) is 0 Å². The molecule has 22 heavy (non-hydrogen) atoms. The van der Waals surface area contributed by atoms with E-state index < -0.39 is 14.4 Å². The van der Waals surface area contributed by atoms with Crippen molar-refractivity contribution in [3.05, 3.63) is 0 Å². The Morgan fingerprint density at radius 1 is 1.09 bits per heavy atom. The van der Waals surface area contributed by atoms with Crippen LogP contribution in [0, 0.1) is 0 Å². The summed E-state index contributed by atoms with van der Waals surface area (Å²) in [6, 6.07) is 0. The molecule has 0 aliphatic rings. The highest BCUT2D eigenvalue weighted by atomic mass is 28.4. The van der Waals surface area contributed by atoms with Crippen LogP contribution in [0.25, 0.3) is 0 Å². The molecule has 0 spiro atoms. The fraction of sp³-hybridized carbons (Fsp3) is 0.941. The molecule has 1 amide bonds. The maximum Gasteiger partial charge on any atom is 0.207 e. The number of rotatable bonds is 13. The van der Waals surface area contributed by atoms with Crippen molar-refractivity contribution in [2.45, 2.75) is 90.0 Å². The summed E-state index contributed by atoms with van der Waals surface area (Å²) in [5.41, 5.74) is 0. The highest BCUT2D eigenvalue weighted by Crippen LogP contribution is 2.36. The molecule has 0 rings (SSSR count). The molecule has 0 radical (unpaired) electrons. The van der Waals surface area contributed by atoms with E-state index in [1.165, 1.54) is 19.3 Å². The number of hydrogen-bond donors (Lipinski definition) is 2. The second-order valence-corrected chi connectivity index (χ2v) is 12.5. The van der Waals surface area contributed by atoms with Gasteiger partial charge in [0.1, 0.15) is 0 Å². The normalized spacial score (nSPS) is 13.9. The first-order valence-corrected chi connectivity index (χ1v) is 11.6. The molecule has 2 N–H and O–H groups in total. The topological polar surface area (TPSA) is 58.6 Å². The van der Waals surface area contributed by atoms with Crippen LogP contribution in [0.4, 0.5) is 0 Å². The van der Waals surface area contributed by atoms with E-state index in [9.17, 15) is 9.90 Å². The van der Waals surface area contributed by atoms with Crippen LogP contribution < -0.4 is 5.32 Å². The van der Waals surface area contributed by atoms with Gasteiger partial charge in [-0.3, -0.25) is 4.79 Å². The zero-order chi connectivity index (χ0) is 17.1. The van der Waals surface area contributed by atoms with Gasteiger partial charge in [0.25, 0.3) is 0 Å². The van der Waals surface area contributed by atoms with Gasteiger partial charge in [-0.2, -0.15) is 0 Å². The molecule has 0 fully saturated rings. The Kier molecular flexibility index (Phi) is 11.0. The van der Waals surface area contributed by atoms with Crippen LogP contribution in [0.15, 0.2) is 0 Å². The average Bonchev–Trinajstić information content (AvgIpc) is 2.41. The van der Waals surface area contributed by atoms with Gasteiger partial charge < -0.3 is 14.8 Å². The lowest BCUT2D eigenvalue weighted by Gasteiger charge is -2.36. The second-order valence-electron chi connectivity index (χ2n) is 7.70. The number of aliphatic hydroxyl groups excluding tert-OH is 1. The van der Waals surface area contributed by atoms with Crippen LogP contribution in [0.1, 0.15) is 65.7 Å². The van der Waals surface area contributed by atoms with E-state index in [2.05, 4.69) is 39.2 Å². The fourth-order valence-corrected chi connectivity index (χ4v) is 3.11. The van der Waals surface area contributed by atoms with Crippen molar-refractivity contribution in [2.24, 2.45) is 0 Å². The van der Waals surface area contributed by atoms with Crippen LogP contribution in [0.3, 0.4) is 0 Å². The van der Waals surface area contributed by atoms with Crippen molar-refractivity contribution in [3.8, 4) is 0 Å². The van der Waals surface area contributed by atoms with Gasteiger partial charge in [-0.25, -0.2) is 0 Å². The van der Waals surface area contributed by atoms with Crippen molar-refractivity contribution < 1.29 is 14.3 Å². The minimum Gasteiger partial charge on any atom is -0.417 e. The van der Waals surface area contributed by atoms with Gasteiger partial charge in [0.15, 0.2) is 8.32 Å². The van der Waals surface area contributed by atoms with Crippen molar-refractivity contribution >= 4 is 14.7 Å². The quantitative estimate of drug-likeness (QED) is 0.306. The molecule has 132 valence electrons. The van der Waals surface area contributed by atoms with Crippen molar-refractivity contribution in [3.63, 3.8) is 0 Å². The van der Waals surface area contributed by atoms with Gasteiger partial charge in [0.2, 0.25) is 6.41 Å². The van der Waals surface area contributed by atoms with Crippen molar-refractivity contribution in [1.82, 2.24) is 5.32 Å². The lowest BCUT2D eigenvalue weighted by molar-refractivity contribution is -0.110. The van der Waals surface area contributed by atoms with E-state index in [-0.39, 0.29) is 0 Å². The van der Waals surface area contributed by atoms with E-state index >= 15 is 0 Å². The SMILES string of the molecule is CC(C)(C)[Si](C)(C)OCCCCCCCCC(O)CNC=O. The van der Waals surface area contributed by atoms with Crippen LogP contribution in [0.2, 0.25) is 18.1 Å². The van der Waals surface area contributed by atoms with Crippen LogP contribution >= 0.6 is 0 Å². The Hall–Kier alpha value is -0.393. The van der Waals surface area contributed by atoms with Gasteiger partial charge in [-0.15, -0.1) is 0 Å². The molecule has 0 saturated carbocycles. The predicted octanol–water partition coefficient (Wildman–Crippen LogP) is 3.85. The third-order valence-electron chi connectivity index (χ3n) is 4.64. The summed E-state index contributed by atoms with van der Waals surface area (Å²) >= 11 is 0. The summed E-state index contributed by atoms with van der Waals surface area (Å²) in [4.78, 5) is 10.1. The molecule has 1 atom stereocenters. The highest BCUT2D eigenvalue weighted by molar-refractivity contribution is 6.74. The molecule has 0 aromatic rings. The molecule has 0 aromatic heterocycles. The van der Waals surface area contributed by atoms with E-state index in [4.69, 9.17) is 4.43 Å². The summed E-state index contributed by atoms with van der Waals surface area (Å²) in [5.74, 6) is 0. The molecule has 4 nitrogen and oxygen atoms in total. The summed E-state index contributed by atoms with van der Waals surface area (Å²) < 4.78 is 6.16. The number of hydrogen-bond acceptors (Lipinski definition) is 3. The fourth-order valence-electron chi connectivity index (χ4n) is 2.02. The molecular weight excluding hydrogens is 294 g/mol. The molecule has 0 aliphatic heterocycles. The number of unbranched alkanes of at least 4 members (excludes halogenated alkanes) is 5. The van der Waals surface area contributed by atoms with E-state index in [1.807, 2.05) is 0 Å². The highest BCUT2D eigenvalue weighted by Gasteiger charge is 2.36. The van der Waals surface area contributed by atoms with Crippen LogP contribution in [0.5, 0.6) is 0 Å². The van der Waals surface area contributed by atoms with Crippen LogP contribution in [-0.2, 0) is 9.22 Å². The van der Waals surface area contributed by atoms with Crippen LogP contribution in [-0.4, -0.2) is 39.1 Å². The van der Waals surface area contributed by atoms with Crippen molar-refractivity contribution in [2.75, 3.05) is 13.2 Å². The maximum atomic E-state index is 10.1. The third-order valence-corrected chi connectivity index (χ3v) is 9.18. The smallest absolute Gasteiger partial charge is 0.207 e. The van der Waals surface area contributed by atoms with Gasteiger partial charge >= 0.3 is 0 Å². The number of carbonyl (C=O) groups excluding carboxylic acids is 1. The van der Waals surface area contributed by atoms with E-state index in [1.54, 1.807) is 0 Å². The zero-order valence-electron chi connectivity index (χ0n) is 15.3. The number of carbonyl (C=O) groups is 1. The zero-order valence-corrected chi connectivity index (χ0v) is 16.3. The first kappa shape index (κ1) is 21.6. The standard InChI is InChI=1S/C17H37NO3Si/c1-17(2,3)22(4,5)21-13-11-9-7-6-8-10-12-16(20)14-18-15-19/h15-16,20H,6-14H2,1-5H3,(H,18,19). The first-order valence-electron chi connectivity index (χ1n) is 8.70. The predicted molar refractivity (Wildman–Crippen MR) is 95.5 cm³/mol.